The largest absolute Gasteiger partial charge is 0.508 e. The van der Waals surface area contributed by atoms with E-state index in [1.165, 1.54) is 122 Å². The molecule has 0 atom stereocenters. The monoisotopic (exact) mass is 887 g/mol. The third-order valence-electron chi connectivity index (χ3n) is 14.5. The summed E-state index contributed by atoms with van der Waals surface area (Å²) in [6, 6.07) is 20.2. The zero-order chi connectivity index (χ0) is 46.7. The number of allylic oxidation sites excluding steroid dienone is 4. The summed E-state index contributed by atoms with van der Waals surface area (Å²) >= 11 is 0. The van der Waals surface area contributed by atoms with Gasteiger partial charge in [-0.05, 0) is 171 Å². The first-order chi connectivity index (χ1) is 32.1. The van der Waals surface area contributed by atoms with Gasteiger partial charge in [0.15, 0.2) is 0 Å². The molecule has 0 spiro atoms. The van der Waals surface area contributed by atoms with Crippen LogP contribution in [-0.4, -0.2) is 30.1 Å². The number of hydrogen-bond acceptors (Lipinski definition) is 4. The Morgan fingerprint density at radius 2 is 0.803 bits per heavy atom. The highest BCUT2D eigenvalue weighted by molar-refractivity contribution is 6.03. The van der Waals surface area contributed by atoms with Crippen LogP contribution < -0.4 is 0 Å². The molecular formula is C60H78N4O2. The van der Waals surface area contributed by atoms with Crippen LogP contribution in [0.2, 0.25) is 0 Å². The van der Waals surface area contributed by atoms with Crippen LogP contribution in [0.15, 0.2) is 60.7 Å². The van der Waals surface area contributed by atoms with Gasteiger partial charge in [-0.15, -0.1) is 0 Å². The van der Waals surface area contributed by atoms with Crippen molar-refractivity contribution in [2.45, 2.75) is 184 Å². The van der Waals surface area contributed by atoms with Crippen LogP contribution in [-0.2, 0) is 12.8 Å². The molecule has 0 amide bonds. The number of phenolic OH excluding ortho intramolecular Hbond substituents is 2. The van der Waals surface area contributed by atoms with E-state index in [0.717, 1.165) is 118 Å². The second-order valence-corrected chi connectivity index (χ2v) is 19.3. The number of nitrogens with one attached hydrogen (secondary N) is 2. The molecule has 350 valence electrons. The number of nitrogens with zero attached hydrogens (tertiary/aromatic N) is 2. The fourth-order valence-corrected chi connectivity index (χ4v) is 10.6. The molecule has 2 aromatic carbocycles. The summed E-state index contributed by atoms with van der Waals surface area (Å²) in [5.74, 6) is 0.493. The zero-order valence-electron chi connectivity index (χ0n) is 41.7. The number of benzene rings is 2. The van der Waals surface area contributed by atoms with E-state index in [4.69, 9.17) is 9.97 Å². The first-order valence-electron chi connectivity index (χ1n) is 25.9. The van der Waals surface area contributed by atoms with Gasteiger partial charge in [-0.3, -0.25) is 0 Å². The Morgan fingerprint density at radius 3 is 1.15 bits per heavy atom. The molecule has 0 radical (unpaired) electrons. The smallest absolute Gasteiger partial charge is 0.116 e. The first-order valence-corrected chi connectivity index (χ1v) is 25.9. The highest BCUT2D eigenvalue weighted by atomic mass is 16.3. The molecule has 0 fully saturated rings. The van der Waals surface area contributed by atoms with Crippen molar-refractivity contribution in [1.29, 1.82) is 0 Å². The Morgan fingerprint density at radius 1 is 0.439 bits per heavy atom. The Labute approximate surface area is 396 Å². The zero-order valence-corrected chi connectivity index (χ0v) is 41.7. The first kappa shape index (κ1) is 48.6. The van der Waals surface area contributed by atoms with Crippen LogP contribution in [0.4, 0.5) is 0 Å². The van der Waals surface area contributed by atoms with E-state index >= 15 is 0 Å². The maximum atomic E-state index is 11.1. The van der Waals surface area contributed by atoms with Crippen molar-refractivity contribution >= 4 is 44.4 Å². The number of hydrogen-bond donors (Lipinski definition) is 4. The van der Waals surface area contributed by atoms with Crippen LogP contribution in [0.3, 0.4) is 0 Å². The van der Waals surface area contributed by atoms with Crippen LogP contribution in [0, 0.1) is 13.8 Å². The average molecular weight is 887 g/mol. The lowest BCUT2D eigenvalue weighted by Gasteiger charge is -2.09. The SMILES string of the molecule is CCCCCCC1=C(C)c2nc1cc1[nH]c(c(C)c1CCCCCC)c(-c1cccc(O)c1)c1nc(cc3[nH]c(c(C)c3CCCCCC)c2-c2cccc(O)c2)C(CCCCCC)=C1C. The highest BCUT2D eigenvalue weighted by Gasteiger charge is 2.27. The Hall–Kier alpha value is -5.36. The van der Waals surface area contributed by atoms with Crippen LogP contribution in [0.1, 0.15) is 202 Å². The van der Waals surface area contributed by atoms with Gasteiger partial charge in [0.1, 0.15) is 11.5 Å². The van der Waals surface area contributed by atoms with E-state index in [0.29, 0.717) is 0 Å². The summed E-state index contributed by atoms with van der Waals surface area (Å²) in [4.78, 5) is 19.6. The number of H-pyrrole nitrogens is 2. The predicted octanol–water partition coefficient (Wildman–Crippen LogP) is 17.7. The van der Waals surface area contributed by atoms with Crippen LogP contribution in [0.25, 0.3) is 66.6 Å². The summed E-state index contributed by atoms with van der Waals surface area (Å²) in [6.45, 7) is 18.2. The van der Waals surface area contributed by atoms with Gasteiger partial charge in [-0.2, -0.15) is 0 Å². The summed E-state index contributed by atoms with van der Waals surface area (Å²) in [5, 5.41) is 22.2. The lowest BCUT2D eigenvalue weighted by Crippen LogP contribution is -1.91. The van der Waals surface area contributed by atoms with Gasteiger partial charge in [0.25, 0.3) is 0 Å². The number of rotatable bonds is 22. The number of aromatic amines is 2. The number of fused-ring (bicyclic) bond motifs is 8. The summed E-state index contributed by atoms with van der Waals surface area (Å²) in [6.07, 6.45) is 22.6. The van der Waals surface area contributed by atoms with Gasteiger partial charge in [0.05, 0.1) is 33.8 Å². The van der Waals surface area contributed by atoms with Crippen molar-refractivity contribution in [2.75, 3.05) is 0 Å². The minimum atomic E-state index is 0.247. The molecule has 0 saturated heterocycles. The fourth-order valence-electron chi connectivity index (χ4n) is 10.6. The van der Waals surface area contributed by atoms with Gasteiger partial charge in [-0.1, -0.05) is 129 Å². The van der Waals surface area contributed by atoms with E-state index < -0.39 is 0 Å². The number of aromatic hydroxyl groups is 2. The van der Waals surface area contributed by atoms with Gasteiger partial charge in [0, 0.05) is 22.2 Å². The van der Waals surface area contributed by atoms with Crippen molar-refractivity contribution in [2.24, 2.45) is 0 Å². The number of aryl methyl sites for hydroxylation is 4. The lowest BCUT2D eigenvalue weighted by molar-refractivity contribution is 0.475. The molecule has 5 aromatic rings. The van der Waals surface area contributed by atoms with E-state index in [1.807, 2.05) is 24.3 Å². The minimum absolute atomic E-state index is 0.247. The standard InChI is InChI=1S/C60H78N4O2/c1-9-13-17-21-31-47-39(5)57-55(43-27-25-29-45(65)35-43)58-41(7)49(33-23-19-15-11-3)53(63-58)38-54-50(34-24-20-16-12-4)42(8)60(64-54)56(44-28-26-30-46(66)36-44)59-40(6)48(32-22-18-14-10-2)52(62-59)37-51(47)61-57/h25-30,35-38,61,64-66H,9-24,31-34H2,1-8H3. The third-order valence-corrected chi connectivity index (χ3v) is 14.5. The topological polar surface area (TPSA) is 97.8 Å². The van der Waals surface area contributed by atoms with Gasteiger partial charge in [-0.25, -0.2) is 9.97 Å². The molecule has 2 aliphatic rings. The van der Waals surface area contributed by atoms with E-state index in [9.17, 15) is 10.2 Å². The lowest BCUT2D eigenvalue weighted by atomic mass is 9.93. The van der Waals surface area contributed by atoms with Crippen molar-refractivity contribution < 1.29 is 10.2 Å². The normalized spacial score (nSPS) is 12.8. The van der Waals surface area contributed by atoms with E-state index in [-0.39, 0.29) is 11.5 Å². The summed E-state index contributed by atoms with van der Waals surface area (Å²) in [7, 11) is 0. The van der Waals surface area contributed by atoms with E-state index in [1.54, 1.807) is 12.1 Å². The number of aromatic nitrogens is 4. The Balaban J connectivity index is 1.69. The van der Waals surface area contributed by atoms with Crippen molar-refractivity contribution in [3.63, 3.8) is 0 Å². The second-order valence-electron chi connectivity index (χ2n) is 19.3. The number of unbranched alkanes of at least 4 members (excludes halogenated alkanes) is 12. The Kier molecular flexibility index (Phi) is 16.8. The molecule has 0 aliphatic carbocycles. The molecule has 66 heavy (non-hydrogen) atoms. The summed E-state index contributed by atoms with van der Waals surface area (Å²) in [5.41, 5.74) is 22.4. The molecule has 0 saturated carbocycles. The molecule has 8 bridgehead atoms. The molecule has 7 rings (SSSR count). The van der Waals surface area contributed by atoms with Crippen LogP contribution in [0.5, 0.6) is 11.5 Å². The van der Waals surface area contributed by atoms with Gasteiger partial charge < -0.3 is 20.2 Å². The van der Waals surface area contributed by atoms with Crippen molar-refractivity contribution in [3.8, 4) is 33.8 Å². The molecule has 6 heteroatoms. The van der Waals surface area contributed by atoms with Crippen molar-refractivity contribution in [1.82, 2.24) is 19.9 Å². The maximum absolute atomic E-state index is 11.1. The average Bonchev–Trinajstić information content (AvgIpc) is 3.98. The molecule has 3 aromatic heterocycles. The number of phenols is 2. The molecule has 6 nitrogen and oxygen atoms in total. The highest BCUT2D eigenvalue weighted by Crippen LogP contribution is 2.45. The van der Waals surface area contributed by atoms with E-state index in [2.05, 4.69) is 89.6 Å². The van der Waals surface area contributed by atoms with Crippen LogP contribution >= 0.6 is 0 Å². The predicted molar refractivity (Wildman–Crippen MR) is 283 cm³/mol. The second kappa shape index (κ2) is 22.9. The minimum Gasteiger partial charge on any atom is -0.508 e. The molecule has 0 unspecified atom stereocenters. The van der Waals surface area contributed by atoms with Crippen molar-refractivity contribution in [3.05, 3.63) is 106 Å². The molecule has 4 N–H and O–H groups in total. The maximum Gasteiger partial charge on any atom is 0.116 e. The molecular weight excluding hydrogens is 809 g/mol. The third kappa shape index (κ3) is 10.7. The van der Waals surface area contributed by atoms with Gasteiger partial charge >= 0.3 is 0 Å². The summed E-state index contributed by atoms with van der Waals surface area (Å²) < 4.78 is 0. The fraction of sp³-hybridized carbons (Fsp3) is 0.467. The molecule has 5 heterocycles. The molecule has 2 aliphatic heterocycles. The quantitative estimate of drug-likeness (QED) is 0.0520. The Bertz CT molecular complexity index is 2540. The van der Waals surface area contributed by atoms with Gasteiger partial charge in [0.2, 0.25) is 0 Å².